The quantitative estimate of drug-likeness (QED) is 0.808. The van der Waals surface area contributed by atoms with Crippen LogP contribution in [0.3, 0.4) is 0 Å². The van der Waals surface area contributed by atoms with Crippen LogP contribution >= 0.6 is 11.6 Å². The van der Waals surface area contributed by atoms with Crippen molar-refractivity contribution in [2.75, 3.05) is 13.8 Å². The van der Waals surface area contributed by atoms with E-state index in [1.807, 2.05) is 0 Å². The van der Waals surface area contributed by atoms with Gasteiger partial charge in [-0.25, -0.2) is 13.8 Å². The largest absolute Gasteiger partial charge is 0.494 e. The highest BCUT2D eigenvalue weighted by molar-refractivity contribution is 6.31. The molecule has 0 aliphatic carbocycles. The molecule has 3 nitrogen and oxygen atoms in total. The molecule has 0 fully saturated rings. The average molecular weight is 298 g/mol. The molecule has 1 heterocycles. The third-order valence-electron chi connectivity index (χ3n) is 2.68. The number of halogens is 3. The fraction of sp³-hybridized carbons (Fsp3) is 0.143. The topological polar surface area (TPSA) is 39.2 Å². The summed E-state index contributed by atoms with van der Waals surface area (Å²) in [5, 5.41) is -0.0754. The molecule has 1 aromatic heterocycles. The van der Waals surface area contributed by atoms with Crippen LogP contribution in [0, 0.1) is 5.82 Å². The van der Waals surface area contributed by atoms with Crippen LogP contribution in [0.5, 0.6) is 5.75 Å². The third kappa shape index (κ3) is 2.77. The van der Waals surface area contributed by atoms with Crippen LogP contribution in [0.4, 0.5) is 8.78 Å². The molecule has 0 N–H and O–H groups in total. The number of hydrogen-bond acceptors (Lipinski definition) is 3. The molecule has 104 valence electrons. The van der Waals surface area contributed by atoms with Gasteiger partial charge in [-0.2, -0.15) is 0 Å². The summed E-state index contributed by atoms with van der Waals surface area (Å²) in [6.07, 6.45) is 0. The summed E-state index contributed by atoms with van der Waals surface area (Å²) in [6, 6.07) is 6.88. The van der Waals surface area contributed by atoms with E-state index in [4.69, 9.17) is 16.3 Å². The van der Waals surface area contributed by atoms with Crippen LogP contribution < -0.4 is 4.74 Å². The van der Waals surface area contributed by atoms with E-state index >= 15 is 0 Å². The van der Waals surface area contributed by atoms with Crippen LogP contribution in [0.2, 0.25) is 5.02 Å². The summed E-state index contributed by atoms with van der Waals surface area (Å²) in [5.41, 5.74) is 0.749. The zero-order chi connectivity index (χ0) is 14.7. The van der Waals surface area contributed by atoms with E-state index in [0.29, 0.717) is 17.0 Å². The molecular weight excluding hydrogens is 288 g/mol. The monoisotopic (exact) mass is 297 g/mol. The van der Waals surface area contributed by atoms with E-state index in [1.54, 1.807) is 0 Å². The molecule has 2 rings (SSSR count). The standard InChI is InChI=1S/C14H10ClF2NO2/c1-20-13-5-4-11(12(19)7-16)18-14(13)8-2-3-10(17)9(15)6-8/h2-6H,7H2,1H3. The Hall–Kier alpha value is -2.01. The van der Waals surface area contributed by atoms with Crippen LogP contribution in [0.15, 0.2) is 30.3 Å². The third-order valence-corrected chi connectivity index (χ3v) is 2.97. The van der Waals surface area contributed by atoms with Gasteiger partial charge in [0.15, 0.2) is 6.67 Å². The molecule has 0 aliphatic heterocycles. The smallest absolute Gasteiger partial charge is 0.212 e. The van der Waals surface area contributed by atoms with Gasteiger partial charge in [-0.15, -0.1) is 0 Å². The molecule has 0 saturated carbocycles. The van der Waals surface area contributed by atoms with Crippen molar-refractivity contribution >= 4 is 17.4 Å². The number of nitrogens with zero attached hydrogens (tertiary/aromatic N) is 1. The first-order valence-electron chi connectivity index (χ1n) is 5.66. The maximum atomic E-state index is 13.2. The molecule has 1 aromatic carbocycles. The summed E-state index contributed by atoms with van der Waals surface area (Å²) in [4.78, 5) is 15.4. The van der Waals surface area contributed by atoms with Crippen molar-refractivity contribution in [3.05, 3.63) is 46.9 Å². The molecule has 0 saturated heterocycles. The van der Waals surface area contributed by atoms with Crippen molar-refractivity contribution < 1.29 is 18.3 Å². The van der Waals surface area contributed by atoms with E-state index in [9.17, 15) is 13.6 Å². The van der Waals surface area contributed by atoms with Gasteiger partial charge in [0.2, 0.25) is 5.78 Å². The van der Waals surface area contributed by atoms with Crippen molar-refractivity contribution in [2.45, 2.75) is 0 Å². The fourth-order valence-electron chi connectivity index (χ4n) is 1.69. The number of pyridine rings is 1. The van der Waals surface area contributed by atoms with Gasteiger partial charge in [0.05, 0.1) is 12.1 Å². The summed E-state index contributed by atoms with van der Waals surface area (Å²) in [7, 11) is 1.43. The molecule has 0 atom stereocenters. The first-order valence-corrected chi connectivity index (χ1v) is 6.04. The predicted molar refractivity (Wildman–Crippen MR) is 71.5 cm³/mol. The number of aromatic nitrogens is 1. The van der Waals surface area contributed by atoms with Gasteiger partial charge in [-0.3, -0.25) is 4.79 Å². The van der Waals surface area contributed by atoms with Crippen molar-refractivity contribution in [1.29, 1.82) is 0 Å². The molecule has 0 unspecified atom stereocenters. The number of hydrogen-bond donors (Lipinski definition) is 0. The van der Waals surface area contributed by atoms with E-state index < -0.39 is 18.3 Å². The highest BCUT2D eigenvalue weighted by Gasteiger charge is 2.14. The summed E-state index contributed by atoms with van der Waals surface area (Å²) in [6.45, 7) is -1.14. The number of rotatable bonds is 4. The Balaban J connectivity index is 2.57. The number of ether oxygens (including phenoxy) is 1. The minimum absolute atomic E-state index is 0.0243. The summed E-state index contributed by atoms with van der Waals surface area (Å²) < 4.78 is 30.7. The normalized spacial score (nSPS) is 10.4. The molecule has 0 aliphatic rings. The number of carbonyl (C=O) groups is 1. The van der Waals surface area contributed by atoms with E-state index in [0.717, 1.165) is 0 Å². The van der Waals surface area contributed by atoms with Crippen molar-refractivity contribution in [1.82, 2.24) is 4.98 Å². The SMILES string of the molecule is COc1ccc(C(=O)CF)nc1-c1ccc(F)c(Cl)c1. The maximum absolute atomic E-state index is 13.2. The number of Topliss-reactive ketones (excluding diaryl/α,β-unsaturated/α-hetero) is 1. The highest BCUT2D eigenvalue weighted by atomic mass is 35.5. The molecule has 0 spiro atoms. The highest BCUT2D eigenvalue weighted by Crippen LogP contribution is 2.30. The molecule has 2 aromatic rings. The molecule has 0 amide bonds. The minimum atomic E-state index is -1.14. The Labute approximate surface area is 119 Å². The van der Waals surface area contributed by atoms with Crippen molar-refractivity contribution in [3.63, 3.8) is 0 Å². The molecular formula is C14H10ClF2NO2. The van der Waals surface area contributed by atoms with Crippen molar-refractivity contribution in [3.8, 4) is 17.0 Å². The van der Waals surface area contributed by atoms with Gasteiger partial charge in [0.25, 0.3) is 0 Å². The van der Waals surface area contributed by atoms with Gasteiger partial charge in [0, 0.05) is 5.56 Å². The minimum Gasteiger partial charge on any atom is -0.494 e. The van der Waals surface area contributed by atoms with Crippen LogP contribution in [-0.2, 0) is 0 Å². The first-order chi connectivity index (χ1) is 9.56. The predicted octanol–water partition coefficient (Wildman–Crippen LogP) is 3.70. The maximum Gasteiger partial charge on any atom is 0.212 e. The number of methoxy groups -OCH3 is 1. The Morgan fingerprint density at radius 3 is 2.70 bits per heavy atom. The van der Waals surface area contributed by atoms with E-state index in [1.165, 1.54) is 37.4 Å². The van der Waals surface area contributed by atoms with Crippen LogP contribution in [-0.4, -0.2) is 24.6 Å². The zero-order valence-electron chi connectivity index (χ0n) is 10.5. The second-order valence-electron chi connectivity index (χ2n) is 3.93. The number of ketones is 1. The molecule has 20 heavy (non-hydrogen) atoms. The summed E-state index contributed by atoms with van der Waals surface area (Å²) >= 11 is 5.72. The number of carbonyl (C=O) groups excluding carboxylic acids is 1. The van der Waals surface area contributed by atoms with Crippen LogP contribution in [0.1, 0.15) is 10.5 Å². The van der Waals surface area contributed by atoms with Crippen molar-refractivity contribution in [2.24, 2.45) is 0 Å². The van der Waals surface area contributed by atoms with Crippen LogP contribution in [0.25, 0.3) is 11.3 Å². The summed E-state index contributed by atoms with van der Waals surface area (Å²) in [5.74, 6) is -0.921. The molecule has 0 radical (unpaired) electrons. The second kappa shape index (κ2) is 5.96. The van der Waals surface area contributed by atoms with E-state index in [2.05, 4.69) is 4.98 Å². The Bertz CT molecular complexity index is 662. The average Bonchev–Trinajstić information content (AvgIpc) is 2.48. The lowest BCUT2D eigenvalue weighted by atomic mass is 10.1. The van der Waals surface area contributed by atoms with Gasteiger partial charge >= 0.3 is 0 Å². The number of alkyl halides is 1. The van der Waals surface area contributed by atoms with Gasteiger partial charge < -0.3 is 4.74 Å². The van der Waals surface area contributed by atoms with Gasteiger partial charge in [-0.05, 0) is 30.3 Å². The van der Waals surface area contributed by atoms with Gasteiger partial charge in [-0.1, -0.05) is 11.6 Å². The Morgan fingerprint density at radius 1 is 1.35 bits per heavy atom. The molecule has 6 heteroatoms. The lowest BCUT2D eigenvalue weighted by Crippen LogP contribution is -2.05. The Kier molecular flexibility index (Phi) is 4.29. The zero-order valence-corrected chi connectivity index (χ0v) is 11.2. The van der Waals surface area contributed by atoms with Gasteiger partial charge in [0.1, 0.15) is 23.0 Å². The van der Waals surface area contributed by atoms with E-state index in [-0.39, 0.29) is 10.7 Å². The Morgan fingerprint density at radius 2 is 2.10 bits per heavy atom. The number of benzene rings is 1. The second-order valence-corrected chi connectivity index (χ2v) is 4.34. The first kappa shape index (κ1) is 14.4. The lowest BCUT2D eigenvalue weighted by Gasteiger charge is -2.09. The molecule has 0 bridgehead atoms. The fourth-order valence-corrected chi connectivity index (χ4v) is 1.87. The lowest BCUT2D eigenvalue weighted by molar-refractivity contribution is 0.0954.